The number of hydrogen-bond donors (Lipinski definition) is 2. The minimum absolute atomic E-state index is 0.305. The fraction of sp³-hybridized carbons (Fsp3) is 0.706. The third-order valence-corrected chi connectivity index (χ3v) is 4.55. The quantitative estimate of drug-likeness (QED) is 0.539. The van der Waals surface area contributed by atoms with E-state index in [1.807, 2.05) is 0 Å². The Labute approximate surface area is 139 Å². The summed E-state index contributed by atoms with van der Waals surface area (Å²) in [4.78, 5) is 5.99. The third kappa shape index (κ3) is 6.79. The van der Waals surface area contributed by atoms with Gasteiger partial charge < -0.3 is 15.4 Å². The standard InChI is InChI=1S/C17H31N3OS/c1-6-18-17(20-12-16-14(5)9-11-22-16)19-10-8-15(13(3)4)21-7-2/h9,11,13,15H,6-8,10,12H2,1-5H3,(H2,18,19,20). The molecule has 22 heavy (non-hydrogen) atoms. The van der Waals surface area contributed by atoms with E-state index < -0.39 is 0 Å². The highest BCUT2D eigenvalue weighted by atomic mass is 32.1. The Morgan fingerprint density at radius 2 is 2.09 bits per heavy atom. The second-order valence-corrected chi connectivity index (χ2v) is 6.68. The summed E-state index contributed by atoms with van der Waals surface area (Å²) in [6.07, 6.45) is 1.30. The molecule has 0 fully saturated rings. The van der Waals surface area contributed by atoms with Crippen molar-refractivity contribution in [3.8, 4) is 0 Å². The van der Waals surface area contributed by atoms with Gasteiger partial charge in [0.25, 0.3) is 0 Å². The normalized spacial score (nSPS) is 13.5. The van der Waals surface area contributed by atoms with Gasteiger partial charge in [-0.05, 0) is 50.1 Å². The molecule has 1 aromatic rings. The molecular weight excluding hydrogens is 294 g/mol. The number of hydrogen-bond acceptors (Lipinski definition) is 3. The zero-order valence-corrected chi connectivity index (χ0v) is 15.4. The molecule has 0 radical (unpaired) electrons. The lowest BCUT2D eigenvalue weighted by atomic mass is 10.0. The van der Waals surface area contributed by atoms with Gasteiger partial charge in [-0.25, -0.2) is 4.99 Å². The van der Waals surface area contributed by atoms with E-state index >= 15 is 0 Å². The smallest absolute Gasteiger partial charge is 0.191 e. The van der Waals surface area contributed by atoms with Crippen molar-refractivity contribution in [2.75, 3.05) is 19.7 Å². The van der Waals surface area contributed by atoms with E-state index in [2.05, 4.69) is 61.7 Å². The molecule has 0 amide bonds. The van der Waals surface area contributed by atoms with Gasteiger partial charge in [-0.2, -0.15) is 0 Å². The summed E-state index contributed by atoms with van der Waals surface area (Å²) in [5, 5.41) is 8.83. The van der Waals surface area contributed by atoms with Crippen LogP contribution < -0.4 is 10.6 Å². The summed E-state index contributed by atoms with van der Waals surface area (Å²) in [5.74, 6) is 1.42. The van der Waals surface area contributed by atoms with Crippen LogP contribution in [0.4, 0.5) is 0 Å². The van der Waals surface area contributed by atoms with Crippen LogP contribution >= 0.6 is 11.3 Å². The number of thiophene rings is 1. The molecule has 1 unspecified atom stereocenters. The van der Waals surface area contributed by atoms with E-state index in [-0.39, 0.29) is 0 Å². The number of nitrogens with zero attached hydrogens (tertiary/aromatic N) is 1. The molecule has 1 rings (SSSR count). The topological polar surface area (TPSA) is 45.7 Å². The summed E-state index contributed by atoms with van der Waals surface area (Å²) < 4.78 is 5.78. The summed E-state index contributed by atoms with van der Waals surface area (Å²) in [7, 11) is 0. The van der Waals surface area contributed by atoms with Crippen molar-refractivity contribution < 1.29 is 4.74 Å². The van der Waals surface area contributed by atoms with Crippen molar-refractivity contribution in [2.24, 2.45) is 10.9 Å². The SMILES string of the molecule is CCNC(=NCc1sccc1C)NCCC(OCC)C(C)C. The predicted molar refractivity (Wildman–Crippen MR) is 96.7 cm³/mol. The lowest BCUT2D eigenvalue weighted by Crippen LogP contribution is -2.39. The van der Waals surface area contributed by atoms with Gasteiger partial charge in [0.2, 0.25) is 0 Å². The van der Waals surface area contributed by atoms with Crippen LogP contribution in [0, 0.1) is 12.8 Å². The average Bonchev–Trinajstić information content (AvgIpc) is 2.89. The first kappa shape index (κ1) is 19.0. The van der Waals surface area contributed by atoms with E-state index in [4.69, 9.17) is 4.74 Å². The summed E-state index contributed by atoms with van der Waals surface area (Å²) in [6, 6.07) is 2.14. The monoisotopic (exact) mass is 325 g/mol. The van der Waals surface area contributed by atoms with Crippen LogP contribution in [-0.2, 0) is 11.3 Å². The molecule has 0 bridgehead atoms. The Balaban J connectivity index is 2.48. The highest BCUT2D eigenvalue weighted by Gasteiger charge is 2.13. The Bertz CT molecular complexity index is 443. The first-order chi connectivity index (χ1) is 10.6. The molecule has 0 aliphatic carbocycles. The highest BCUT2D eigenvalue weighted by molar-refractivity contribution is 7.10. The van der Waals surface area contributed by atoms with Crippen LogP contribution in [0.5, 0.6) is 0 Å². The van der Waals surface area contributed by atoms with E-state index in [1.165, 1.54) is 10.4 Å². The van der Waals surface area contributed by atoms with Gasteiger partial charge in [-0.3, -0.25) is 0 Å². The van der Waals surface area contributed by atoms with Crippen LogP contribution in [0.1, 0.15) is 44.6 Å². The van der Waals surface area contributed by atoms with Crippen LogP contribution in [0.25, 0.3) is 0 Å². The number of ether oxygens (including phenoxy) is 1. The maximum atomic E-state index is 5.78. The first-order valence-corrected chi connectivity index (χ1v) is 9.13. The van der Waals surface area contributed by atoms with Gasteiger partial charge in [0.05, 0.1) is 12.6 Å². The van der Waals surface area contributed by atoms with Crippen LogP contribution in [0.3, 0.4) is 0 Å². The summed E-state index contributed by atoms with van der Waals surface area (Å²) >= 11 is 1.77. The Kier molecular flexibility index (Phi) is 9.16. The van der Waals surface area contributed by atoms with Gasteiger partial charge >= 0.3 is 0 Å². The van der Waals surface area contributed by atoms with Crippen molar-refractivity contribution in [1.29, 1.82) is 0 Å². The molecule has 0 spiro atoms. The number of rotatable bonds is 9. The van der Waals surface area contributed by atoms with Gasteiger partial charge in [0.1, 0.15) is 0 Å². The minimum atomic E-state index is 0.305. The lowest BCUT2D eigenvalue weighted by molar-refractivity contribution is 0.0258. The molecule has 1 aromatic heterocycles. The fourth-order valence-electron chi connectivity index (χ4n) is 2.21. The Hall–Kier alpha value is -1.07. The van der Waals surface area contributed by atoms with Crippen molar-refractivity contribution >= 4 is 17.3 Å². The predicted octanol–water partition coefficient (Wildman–Crippen LogP) is 3.56. The molecule has 0 aliphatic heterocycles. The number of aliphatic imine (C=N–C) groups is 1. The zero-order chi connectivity index (χ0) is 16.4. The zero-order valence-electron chi connectivity index (χ0n) is 14.6. The molecule has 1 atom stereocenters. The minimum Gasteiger partial charge on any atom is -0.378 e. The van der Waals surface area contributed by atoms with Gasteiger partial charge in [-0.15, -0.1) is 11.3 Å². The summed E-state index contributed by atoms with van der Waals surface area (Å²) in [5.41, 5.74) is 1.32. The molecule has 2 N–H and O–H groups in total. The molecule has 4 nitrogen and oxygen atoms in total. The van der Waals surface area contributed by atoms with Gasteiger partial charge in [-0.1, -0.05) is 13.8 Å². The van der Waals surface area contributed by atoms with E-state index in [0.29, 0.717) is 12.0 Å². The van der Waals surface area contributed by atoms with Gasteiger partial charge in [0, 0.05) is 24.6 Å². The Morgan fingerprint density at radius 3 is 2.64 bits per heavy atom. The van der Waals surface area contributed by atoms with Crippen molar-refractivity contribution in [3.63, 3.8) is 0 Å². The molecular formula is C17H31N3OS. The highest BCUT2D eigenvalue weighted by Crippen LogP contribution is 2.16. The molecule has 126 valence electrons. The maximum absolute atomic E-state index is 5.78. The second kappa shape index (κ2) is 10.6. The van der Waals surface area contributed by atoms with E-state index in [0.717, 1.165) is 38.6 Å². The number of aryl methyl sites for hydroxylation is 1. The molecule has 0 saturated carbocycles. The van der Waals surface area contributed by atoms with Crippen LogP contribution in [-0.4, -0.2) is 31.8 Å². The Morgan fingerprint density at radius 1 is 1.32 bits per heavy atom. The third-order valence-electron chi connectivity index (χ3n) is 3.54. The first-order valence-electron chi connectivity index (χ1n) is 8.25. The van der Waals surface area contributed by atoms with E-state index in [1.54, 1.807) is 11.3 Å². The lowest BCUT2D eigenvalue weighted by Gasteiger charge is -2.21. The maximum Gasteiger partial charge on any atom is 0.191 e. The molecule has 0 saturated heterocycles. The molecule has 0 aromatic carbocycles. The molecule has 1 heterocycles. The fourth-order valence-corrected chi connectivity index (χ4v) is 3.04. The van der Waals surface area contributed by atoms with Gasteiger partial charge in [0.15, 0.2) is 5.96 Å². The average molecular weight is 326 g/mol. The van der Waals surface area contributed by atoms with Crippen molar-refractivity contribution in [1.82, 2.24) is 10.6 Å². The number of guanidine groups is 1. The van der Waals surface area contributed by atoms with Crippen LogP contribution in [0.2, 0.25) is 0 Å². The molecule has 5 heteroatoms. The molecule has 0 aliphatic rings. The summed E-state index contributed by atoms with van der Waals surface area (Å²) in [6.45, 7) is 13.9. The van der Waals surface area contributed by atoms with Crippen molar-refractivity contribution in [3.05, 3.63) is 21.9 Å². The van der Waals surface area contributed by atoms with Crippen molar-refractivity contribution in [2.45, 2.75) is 53.7 Å². The van der Waals surface area contributed by atoms with E-state index in [9.17, 15) is 0 Å². The second-order valence-electron chi connectivity index (χ2n) is 5.68. The number of nitrogens with one attached hydrogen (secondary N) is 2. The largest absolute Gasteiger partial charge is 0.378 e. The van der Waals surface area contributed by atoms with Crippen LogP contribution in [0.15, 0.2) is 16.4 Å².